The van der Waals surface area contributed by atoms with Gasteiger partial charge in [-0.15, -0.1) is 0 Å². The van der Waals surface area contributed by atoms with Crippen LogP contribution in [0.1, 0.15) is 25.0 Å². The molecule has 1 aromatic carbocycles. The summed E-state index contributed by atoms with van der Waals surface area (Å²) in [5.74, 6) is 0.375. The molecule has 0 aromatic heterocycles. The van der Waals surface area contributed by atoms with Crippen LogP contribution in [0.25, 0.3) is 0 Å². The molecule has 1 radical (unpaired) electrons. The molecule has 0 atom stereocenters. The Balaban J connectivity index is 3.24. The summed E-state index contributed by atoms with van der Waals surface area (Å²) >= 11 is 54.6. The number of hydrogen-bond donors (Lipinski definition) is 0. The largest absolute Gasteiger partial charge is 0.226 e. The highest BCUT2D eigenvalue weighted by Gasteiger charge is 2.68. The topological polar surface area (TPSA) is 0 Å². The molecule has 23 heavy (non-hydrogen) atoms. The van der Waals surface area contributed by atoms with E-state index in [4.69, 9.17) is 104 Å². The highest BCUT2D eigenvalue weighted by molar-refractivity contribution is 6.80. The summed E-state index contributed by atoms with van der Waals surface area (Å²) < 4.78 is -8.71. The minimum absolute atomic E-state index is 0.353. The van der Waals surface area contributed by atoms with Crippen molar-refractivity contribution in [3.05, 3.63) is 41.8 Å². The van der Waals surface area contributed by atoms with E-state index in [1.807, 2.05) is 0 Å². The van der Waals surface area contributed by atoms with Crippen LogP contribution < -0.4 is 0 Å². The third-order valence-electron chi connectivity index (χ3n) is 2.94. The highest BCUT2D eigenvalue weighted by atomic mass is 35.6. The standard InChI is InChI=1S/C14H12Cl9/c1-8(2)7-9-3-5-10(6-4-9)11(15,16)12(17,18)13(19,20)14(21,22)23/h3-8H,1-2H3. The Morgan fingerprint density at radius 3 is 1.52 bits per heavy atom. The molecule has 131 valence electrons. The van der Waals surface area contributed by atoms with Crippen LogP contribution in [0.15, 0.2) is 24.3 Å². The smallest absolute Gasteiger partial charge is 0.0943 e. The lowest BCUT2D eigenvalue weighted by molar-refractivity contribution is 0.600. The summed E-state index contributed by atoms with van der Waals surface area (Å²) in [7, 11) is 0. The predicted octanol–water partition coefficient (Wildman–Crippen LogP) is 8.24. The Morgan fingerprint density at radius 2 is 1.17 bits per heavy atom. The molecule has 0 amide bonds. The molecule has 0 aliphatic rings. The second kappa shape index (κ2) is 7.83. The zero-order valence-corrected chi connectivity index (χ0v) is 18.7. The monoisotopic (exact) mass is 495 g/mol. The molecule has 1 rings (SSSR count). The number of benzene rings is 1. The van der Waals surface area contributed by atoms with Gasteiger partial charge in [-0.3, -0.25) is 0 Å². The van der Waals surface area contributed by atoms with Gasteiger partial charge in [0.2, 0.25) is 8.13 Å². The number of alkyl halides is 9. The molecular weight excluding hydrogens is 487 g/mol. The molecule has 0 saturated heterocycles. The third-order valence-corrected chi connectivity index (χ3v) is 8.42. The van der Waals surface area contributed by atoms with Gasteiger partial charge in [-0.25, -0.2) is 0 Å². The molecule has 0 heterocycles. The Hall–Kier alpha value is 1.83. The van der Waals surface area contributed by atoms with Crippen molar-refractivity contribution < 1.29 is 0 Å². The maximum Gasteiger partial charge on any atom is 0.226 e. The summed E-state index contributed by atoms with van der Waals surface area (Å²) in [6.07, 6.45) is 2.05. The third kappa shape index (κ3) is 4.76. The van der Waals surface area contributed by atoms with Crippen molar-refractivity contribution in [3.8, 4) is 0 Å². The Bertz CT molecular complexity index is 526. The van der Waals surface area contributed by atoms with E-state index in [9.17, 15) is 0 Å². The fourth-order valence-corrected chi connectivity index (χ4v) is 3.97. The molecule has 0 N–H and O–H groups in total. The second-order valence-electron chi connectivity index (χ2n) is 5.25. The van der Waals surface area contributed by atoms with Crippen LogP contribution in [0.3, 0.4) is 0 Å². The predicted molar refractivity (Wildman–Crippen MR) is 107 cm³/mol. The van der Waals surface area contributed by atoms with Gasteiger partial charge in [0.15, 0.2) is 8.67 Å². The van der Waals surface area contributed by atoms with E-state index >= 15 is 0 Å². The number of halogens is 9. The first-order valence-corrected chi connectivity index (χ1v) is 9.70. The molecule has 0 nitrogen and oxygen atoms in total. The van der Waals surface area contributed by atoms with Crippen molar-refractivity contribution >= 4 is 104 Å². The van der Waals surface area contributed by atoms with Crippen molar-refractivity contribution in [2.75, 3.05) is 0 Å². The molecule has 0 fully saturated rings. The summed E-state index contributed by atoms with van der Waals surface area (Å²) in [5.41, 5.74) is 1.33. The van der Waals surface area contributed by atoms with E-state index < -0.39 is 16.8 Å². The molecule has 9 heteroatoms. The van der Waals surface area contributed by atoms with E-state index in [0.29, 0.717) is 11.5 Å². The number of rotatable bonds is 5. The zero-order valence-electron chi connectivity index (χ0n) is 11.9. The van der Waals surface area contributed by atoms with Gasteiger partial charge in [-0.2, -0.15) is 0 Å². The SMILES string of the molecule is CC(C)[CH]c1ccc(C(Cl)(Cl)C(Cl)(Cl)C(Cl)(Cl)C(Cl)(Cl)Cl)cc1. The van der Waals surface area contributed by atoms with Crippen molar-refractivity contribution in [1.29, 1.82) is 0 Å². The molecule has 1 aromatic rings. The first-order chi connectivity index (χ1) is 10.1. The number of hydrogen-bond acceptors (Lipinski definition) is 0. The normalized spacial score (nSPS) is 14.4. The summed E-state index contributed by atoms with van der Waals surface area (Å²) in [6.45, 7) is 4.11. The molecule has 0 aliphatic carbocycles. The van der Waals surface area contributed by atoms with E-state index in [-0.39, 0.29) is 0 Å². The lowest BCUT2D eigenvalue weighted by Crippen LogP contribution is -2.54. The van der Waals surface area contributed by atoms with Crippen molar-refractivity contribution in [3.63, 3.8) is 0 Å². The van der Waals surface area contributed by atoms with Gasteiger partial charge in [0.05, 0.1) is 0 Å². The van der Waals surface area contributed by atoms with Gasteiger partial charge >= 0.3 is 0 Å². The average molecular weight is 499 g/mol. The van der Waals surface area contributed by atoms with E-state index in [0.717, 1.165) is 5.56 Å². The van der Waals surface area contributed by atoms with Crippen LogP contribution >= 0.6 is 104 Å². The van der Waals surface area contributed by atoms with Crippen LogP contribution in [-0.2, 0) is 4.33 Å². The van der Waals surface area contributed by atoms with Crippen molar-refractivity contribution in [1.82, 2.24) is 0 Å². The Labute approximate surface area is 181 Å². The first-order valence-electron chi connectivity index (χ1n) is 6.30. The lowest BCUT2D eigenvalue weighted by Gasteiger charge is -2.44. The van der Waals surface area contributed by atoms with Crippen molar-refractivity contribution in [2.45, 2.75) is 30.6 Å². The minimum atomic E-state index is -2.29. The van der Waals surface area contributed by atoms with Crippen LogP contribution in [0.2, 0.25) is 0 Å². The van der Waals surface area contributed by atoms with Gasteiger partial charge in [0, 0.05) is 0 Å². The van der Waals surface area contributed by atoms with Gasteiger partial charge in [0.1, 0.15) is 0 Å². The molecule has 0 saturated carbocycles. The van der Waals surface area contributed by atoms with Crippen LogP contribution in [0.4, 0.5) is 0 Å². The highest BCUT2D eigenvalue weighted by Crippen LogP contribution is 2.65. The van der Waals surface area contributed by atoms with E-state index in [2.05, 4.69) is 20.3 Å². The first kappa shape index (κ1) is 22.9. The summed E-state index contributed by atoms with van der Waals surface area (Å²) in [5, 5.41) is 0. The molecular formula is C14H12Cl9. The minimum Gasteiger partial charge on any atom is -0.0943 e. The van der Waals surface area contributed by atoms with Crippen molar-refractivity contribution in [2.24, 2.45) is 5.92 Å². The van der Waals surface area contributed by atoms with Crippen LogP contribution in [0, 0.1) is 12.3 Å². The summed E-state index contributed by atoms with van der Waals surface area (Å²) in [6, 6.07) is 6.91. The maximum absolute atomic E-state index is 6.35. The molecule has 0 bridgehead atoms. The van der Waals surface area contributed by atoms with Gasteiger partial charge in [-0.1, -0.05) is 143 Å². The second-order valence-corrected chi connectivity index (χ2v) is 11.5. The zero-order chi connectivity index (χ0) is 18.3. The van der Waals surface area contributed by atoms with Crippen LogP contribution in [0.5, 0.6) is 0 Å². The van der Waals surface area contributed by atoms with E-state index in [1.54, 1.807) is 24.3 Å². The molecule has 0 aliphatic heterocycles. The summed E-state index contributed by atoms with van der Waals surface area (Å²) in [4.78, 5) is 0. The Morgan fingerprint density at radius 1 is 0.739 bits per heavy atom. The molecule has 0 spiro atoms. The van der Waals surface area contributed by atoms with Gasteiger partial charge in [-0.05, 0) is 23.5 Å². The fourth-order valence-electron chi connectivity index (χ4n) is 1.74. The van der Waals surface area contributed by atoms with Crippen LogP contribution in [-0.4, -0.2) is 12.5 Å². The fraction of sp³-hybridized carbons (Fsp3) is 0.500. The van der Waals surface area contributed by atoms with Gasteiger partial charge in [0.25, 0.3) is 0 Å². The average Bonchev–Trinajstić information content (AvgIpc) is 2.36. The maximum atomic E-state index is 6.35. The lowest BCUT2D eigenvalue weighted by atomic mass is 9.99. The quantitative estimate of drug-likeness (QED) is 0.358. The molecule has 0 unspecified atom stereocenters. The Kier molecular flexibility index (Phi) is 7.79. The van der Waals surface area contributed by atoms with E-state index in [1.165, 1.54) is 0 Å². The van der Waals surface area contributed by atoms with Gasteiger partial charge < -0.3 is 0 Å².